The Morgan fingerprint density at radius 3 is 2.53 bits per heavy atom. The van der Waals surface area contributed by atoms with Gasteiger partial charge in [-0.15, -0.1) is 0 Å². The van der Waals surface area contributed by atoms with E-state index in [1.807, 2.05) is 11.8 Å². The molecule has 2 N–H and O–H groups in total. The molecule has 1 unspecified atom stereocenters. The summed E-state index contributed by atoms with van der Waals surface area (Å²) in [5.41, 5.74) is 5.71. The fourth-order valence-electron chi connectivity index (χ4n) is 1.83. The maximum absolute atomic E-state index is 5.79. The summed E-state index contributed by atoms with van der Waals surface area (Å²) in [6, 6.07) is 0. The monoisotopic (exact) mass is 252 g/mol. The number of nitrogens with two attached hydrogens (primary N) is 1. The number of aromatic nitrogens is 3. The lowest BCUT2D eigenvalue weighted by atomic mass is 9.96. The average molecular weight is 252 g/mol. The van der Waals surface area contributed by atoms with Gasteiger partial charge in [-0.1, -0.05) is 27.2 Å². The van der Waals surface area contributed by atoms with Gasteiger partial charge in [-0.2, -0.15) is 21.7 Å². The molecule has 2 heterocycles. The first-order valence-electron chi connectivity index (χ1n) is 6.10. The lowest BCUT2D eigenvalue weighted by molar-refractivity contribution is 0.533. The van der Waals surface area contributed by atoms with Gasteiger partial charge in [0.15, 0.2) is 0 Å². The van der Waals surface area contributed by atoms with Crippen molar-refractivity contribution >= 4 is 17.7 Å². The quantitative estimate of drug-likeness (QED) is 0.832. The summed E-state index contributed by atoms with van der Waals surface area (Å²) in [6.07, 6.45) is 3.71. The van der Waals surface area contributed by atoms with Crippen molar-refractivity contribution < 1.29 is 0 Å². The molecular formula is C12H20N4S. The van der Waals surface area contributed by atoms with Crippen LogP contribution in [-0.4, -0.2) is 20.7 Å². The Morgan fingerprint density at radius 1 is 1.18 bits per heavy atom. The van der Waals surface area contributed by atoms with Crippen molar-refractivity contribution in [2.45, 2.75) is 50.7 Å². The van der Waals surface area contributed by atoms with E-state index in [-0.39, 0.29) is 5.41 Å². The van der Waals surface area contributed by atoms with Crippen LogP contribution in [0.15, 0.2) is 0 Å². The van der Waals surface area contributed by atoms with Crippen LogP contribution in [0.3, 0.4) is 0 Å². The molecule has 1 aliphatic heterocycles. The van der Waals surface area contributed by atoms with Gasteiger partial charge in [0.1, 0.15) is 11.6 Å². The molecule has 5 heteroatoms. The Balaban J connectivity index is 2.31. The molecule has 0 radical (unpaired) electrons. The van der Waals surface area contributed by atoms with Gasteiger partial charge < -0.3 is 5.73 Å². The van der Waals surface area contributed by atoms with E-state index in [0.717, 1.165) is 18.1 Å². The summed E-state index contributed by atoms with van der Waals surface area (Å²) in [6.45, 7) is 6.29. The number of hydrogen-bond donors (Lipinski definition) is 1. The molecule has 1 atom stereocenters. The number of anilines is 1. The van der Waals surface area contributed by atoms with Crippen LogP contribution in [0.4, 0.5) is 5.95 Å². The number of nitrogen functional groups attached to an aromatic ring is 1. The fraction of sp³-hybridized carbons (Fsp3) is 0.750. The van der Waals surface area contributed by atoms with Crippen LogP contribution in [0, 0.1) is 0 Å². The molecule has 1 fully saturated rings. The van der Waals surface area contributed by atoms with Crippen LogP contribution in [0.2, 0.25) is 0 Å². The van der Waals surface area contributed by atoms with Crippen LogP contribution in [0.25, 0.3) is 0 Å². The molecule has 0 bridgehead atoms. The maximum atomic E-state index is 5.79. The Morgan fingerprint density at radius 2 is 1.94 bits per heavy atom. The summed E-state index contributed by atoms with van der Waals surface area (Å²) in [4.78, 5) is 13.2. The third-order valence-corrected chi connectivity index (χ3v) is 4.18. The first-order chi connectivity index (χ1) is 7.97. The van der Waals surface area contributed by atoms with Crippen molar-refractivity contribution in [3.63, 3.8) is 0 Å². The zero-order valence-corrected chi connectivity index (χ0v) is 11.5. The van der Waals surface area contributed by atoms with E-state index in [1.165, 1.54) is 18.6 Å². The molecule has 0 aliphatic carbocycles. The number of rotatable bonds is 1. The highest BCUT2D eigenvalue weighted by molar-refractivity contribution is 7.99. The Kier molecular flexibility index (Phi) is 3.56. The maximum Gasteiger partial charge on any atom is 0.223 e. The fourth-order valence-corrected chi connectivity index (χ4v) is 3.08. The minimum Gasteiger partial charge on any atom is -0.368 e. The average Bonchev–Trinajstić information content (AvgIpc) is 2.28. The Hall–Kier alpha value is -0.840. The third kappa shape index (κ3) is 3.09. The van der Waals surface area contributed by atoms with E-state index in [4.69, 9.17) is 5.73 Å². The van der Waals surface area contributed by atoms with Gasteiger partial charge in [-0.3, -0.25) is 0 Å². The molecule has 0 spiro atoms. The van der Waals surface area contributed by atoms with Gasteiger partial charge in [0.2, 0.25) is 5.95 Å². The first-order valence-corrected chi connectivity index (χ1v) is 7.15. The summed E-state index contributed by atoms with van der Waals surface area (Å²) < 4.78 is 0. The predicted octanol–water partition coefficient (Wildman–Crippen LogP) is 2.71. The summed E-state index contributed by atoms with van der Waals surface area (Å²) in [7, 11) is 0. The molecule has 94 valence electrons. The highest BCUT2D eigenvalue weighted by Gasteiger charge is 2.24. The van der Waals surface area contributed by atoms with Crippen LogP contribution in [-0.2, 0) is 5.41 Å². The van der Waals surface area contributed by atoms with Crippen LogP contribution in [0.5, 0.6) is 0 Å². The largest absolute Gasteiger partial charge is 0.368 e. The van der Waals surface area contributed by atoms with Gasteiger partial charge in [0.25, 0.3) is 0 Å². The number of hydrogen-bond acceptors (Lipinski definition) is 5. The smallest absolute Gasteiger partial charge is 0.223 e. The minimum absolute atomic E-state index is 0.0782. The number of nitrogens with zero attached hydrogens (tertiary/aromatic N) is 3. The molecule has 0 saturated carbocycles. The number of thioether (sulfide) groups is 1. The van der Waals surface area contributed by atoms with Gasteiger partial charge in [0, 0.05) is 5.41 Å². The normalized spacial score (nSPS) is 21.5. The van der Waals surface area contributed by atoms with Gasteiger partial charge in [0.05, 0.1) is 5.25 Å². The van der Waals surface area contributed by atoms with Crippen LogP contribution < -0.4 is 5.73 Å². The molecule has 1 aliphatic rings. The van der Waals surface area contributed by atoms with E-state index in [1.54, 1.807) is 0 Å². The second-order valence-corrected chi connectivity index (χ2v) is 6.79. The topological polar surface area (TPSA) is 64.7 Å². The third-order valence-electron chi connectivity index (χ3n) is 2.81. The van der Waals surface area contributed by atoms with Crippen LogP contribution in [0.1, 0.15) is 56.9 Å². The molecule has 0 aromatic carbocycles. The molecule has 4 nitrogen and oxygen atoms in total. The van der Waals surface area contributed by atoms with Crippen molar-refractivity contribution in [3.8, 4) is 0 Å². The van der Waals surface area contributed by atoms with E-state index < -0.39 is 0 Å². The first kappa shape index (κ1) is 12.6. The highest BCUT2D eigenvalue weighted by Crippen LogP contribution is 2.37. The van der Waals surface area contributed by atoms with Gasteiger partial charge in [-0.05, 0) is 18.6 Å². The van der Waals surface area contributed by atoms with Crippen molar-refractivity contribution in [2.75, 3.05) is 11.5 Å². The van der Waals surface area contributed by atoms with Crippen molar-refractivity contribution in [1.29, 1.82) is 0 Å². The lowest BCUT2D eigenvalue weighted by Crippen LogP contribution is -2.20. The Labute approximate surface area is 107 Å². The molecule has 1 saturated heterocycles. The zero-order valence-electron chi connectivity index (χ0n) is 10.7. The lowest BCUT2D eigenvalue weighted by Gasteiger charge is -2.22. The van der Waals surface area contributed by atoms with Crippen molar-refractivity contribution in [1.82, 2.24) is 15.0 Å². The van der Waals surface area contributed by atoms with E-state index in [0.29, 0.717) is 11.2 Å². The summed E-state index contributed by atoms with van der Waals surface area (Å²) in [5, 5.41) is 0.398. The molecule has 1 aromatic rings. The standard InChI is InChI=1S/C12H20N4S/c1-12(2,3)10-14-9(15-11(13)16-10)8-6-4-5-7-17-8/h8H,4-7H2,1-3H3,(H2,13,14,15,16). The minimum atomic E-state index is -0.0782. The molecule has 17 heavy (non-hydrogen) atoms. The summed E-state index contributed by atoms with van der Waals surface area (Å²) in [5.74, 6) is 3.21. The summed E-state index contributed by atoms with van der Waals surface area (Å²) >= 11 is 1.94. The van der Waals surface area contributed by atoms with E-state index in [9.17, 15) is 0 Å². The highest BCUT2D eigenvalue weighted by atomic mass is 32.2. The van der Waals surface area contributed by atoms with E-state index >= 15 is 0 Å². The molecular weight excluding hydrogens is 232 g/mol. The molecule has 2 rings (SSSR count). The molecule has 0 amide bonds. The Bertz CT molecular complexity index is 394. The second-order valence-electron chi connectivity index (χ2n) is 5.48. The van der Waals surface area contributed by atoms with Gasteiger partial charge in [-0.25, -0.2) is 4.98 Å². The SMILES string of the molecule is CC(C)(C)c1nc(N)nc(C2CCCCS2)n1. The zero-order chi connectivity index (χ0) is 12.5. The van der Waals surface area contributed by atoms with Crippen LogP contribution >= 0.6 is 11.8 Å². The predicted molar refractivity (Wildman–Crippen MR) is 72.0 cm³/mol. The van der Waals surface area contributed by atoms with Crippen molar-refractivity contribution in [2.24, 2.45) is 0 Å². The van der Waals surface area contributed by atoms with Crippen molar-refractivity contribution in [3.05, 3.63) is 11.6 Å². The molecule has 1 aromatic heterocycles. The second kappa shape index (κ2) is 4.80. The van der Waals surface area contributed by atoms with E-state index in [2.05, 4.69) is 35.7 Å². The van der Waals surface area contributed by atoms with Gasteiger partial charge >= 0.3 is 0 Å².